The van der Waals surface area contributed by atoms with Gasteiger partial charge in [-0.2, -0.15) is 0 Å². The van der Waals surface area contributed by atoms with E-state index in [4.69, 9.17) is 22.7 Å². The fourth-order valence-corrected chi connectivity index (χ4v) is 2.92. The van der Waals surface area contributed by atoms with Gasteiger partial charge >= 0.3 is 0 Å². The van der Waals surface area contributed by atoms with E-state index >= 15 is 0 Å². The number of aryl methyl sites for hydroxylation is 2. The van der Waals surface area contributed by atoms with Crippen LogP contribution in [0.5, 0.6) is 5.75 Å². The van der Waals surface area contributed by atoms with Gasteiger partial charge in [0.1, 0.15) is 17.3 Å². The molecule has 0 bridgehead atoms. The Labute approximate surface area is 126 Å². The number of piperidine rings is 1. The fraction of sp³-hybridized carbons (Fsp3) is 0.600. The summed E-state index contributed by atoms with van der Waals surface area (Å²) < 4.78 is 5.91. The summed E-state index contributed by atoms with van der Waals surface area (Å²) in [6.45, 7) is 7.85. The SMILES string of the molecule is Cc1cc(OCCN2CCCCC2)c(C(N)=S)c(C)n1. The van der Waals surface area contributed by atoms with E-state index in [1.165, 1.54) is 32.4 Å². The molecule has 1 aliphatic heterocycles. The third kappa shape index (κ3) is 3.90. The second-order valence-corrected chi connectivity index (χ2v) is 5.78. The van der Waals surface area contributed by atoms with Gasteiger partial charge in [0.2, 0.25) is 0 Å². The van der Waals surface area contributed by atoms with Gasteiger partial charge < -0.3 is 10.5 Å². The van der Waals surface area contributed by atoms with Crippen molar-refractivity contribution in [1.82, 2.24) is 9.88 Å². The number of pyridine rings is 1. The van der Waals surface area contributed by atoms with Crippen molar-refractivity contribution in [3.8, 4) is 5.75 Å². The normalized spacial score (nSPS) is 16.1. The van der Waals surface area contributed by atoms with Gasteiger partial charge in [-0.3, -0.25) is 9.88 Å². The van der Waals surface area contributed by atoms with E-state index in [2.05, 4.69) is 9.88 Å². The van der Waals surface area contributed by atoms with Crippen LogP contribution in [0, 0.1) is 13.8 Å². The molecule has 1 aliphatic rings. The highest BCUT2D eigenvalue weighted by atomic mass is 32.1. The Bertz CT molecular complexity index is 484. The van der Waals surface area contributed by atoms with Crippen LogP contribution in [-0.4, -0.2) is 41.1 Å². The van der Waals surface area contributed by atoms with Crippen LogP contribution >= 0.6 is 12.2 Å². The van der Waals surface area contributed by atoms with Crippen LogP contribution < -0.4 is 10.5 Å². The smallest absolute Gasteiger partial charge is 0.133 e. The Kier molecular flexibility index (Phi) is 5.31. The lowest BCUT2D eigenvalue weighted by atomic mass is 10.1. The number of hydrogen-bond donors (Lipinski definition) is 1. The Morgan fingerprint density at radius 1 is 1.35 bits per heavy atom. The Morgan fingerprint density at radius 2 is 2.05 bits per heavy atom. The van der Waals surface area contributed by atoms with Crippen LogP contribution in [0.25, 0.3) is 0 Å². The molecule has 0 radical (unpaired) electrons. The maximum atomic E-state index is 5.91. The summed E-state index contributed by atoms with van der Waals surface area (Å²) in [6.07, 6.45) is 3.95. The highest BCUT2D eigenvalue weighted by molar-refractivity contribution is 7.80. The predicted molar refractivity (Wildman–Crippen MR) is 85.4 cm³/mol. The van der Waals surface area contributed by atoms with Crippen molar-refractivity contribution < 1.29 is 4.74 Å². The molecular formula is C15H23N3OS. The van der Waals surface area contributed by atoms with Crippen LogP contribution in [0.2, 0.25) is 0 Å². The van der Waals surface area contributed by atoms with Gasteiger partial charge in [0.25, 0.3) is 0 Å². The maximum Gasteiger partial charge on any atom is 0.133 e. The molecule has 2 heterocycles. The minimum absolute atomic E-state index is 0.350. The van der Waals surface area contributed by atoms with Gasteiger partial charge in [0.05, 0.1) is 11.3 Å². The quantitative estimate of drug-likeness (QED) is 0.844. The summed E-state index contributed by atoms with van der Waals surface area (Å²) in [5.74, 6) is 0.763. The molecule has 0 aliphatic carbocycles. The predicted octanol–water partition coefficient (Wildman–Crippen LogP) is 2.20. The Balaban J connectivity index is 1.99. The average molecular weight is 293 g/mol. The molecule has 0 aromatic carbocycles. The molecule has 0 saturated carbocycles. The van der Waals surface area contributed by atoms with E-state index in [0.29, 0.717) is 11.6 Å². The first kappa shape index (κ1) is 15.2. The van der Waals surface area contributed by atoms with Crippen molar-refractivity contribution in [1.29, 1.82) is 0 Å². The molecule has 5 heteroatoms. The second kappa shape index (κ2) is 6.99. The molecule has 0 atom stereocenters. The fourth-order valence-electron chi connectivity index (χ4n) is 2.67. The minimum atomic E-state index is 0.350. The van der Waals surface area contributed by atoms with Gasteiger partial charge in [-0.1, -0.05) is 18.6 Å². The molecule has 2 rings (SSSR count). The zero-order valence-corrected chi connectivity index (χ0v) is 13.1. The van der Waals surface area contributed by atoms with Crippen molar-refractivity contribution in [3.05, 3.63) is 23.0 Å². The number of thiocarbonyl (C=S) groups is 1. The van der Waals surface area contributed by atoms with Gasteiger partial charge in [0.15, 0.2) is 0 Å². The third-order valence-electron chi connectivity index (χ3n) is 3.65. The van der Waals surface area contributed by atoms with Crippen LogP contribution in [0.15, 0.2) is 6.07 Å². The highest BCUT2D eigenvalue weighted by Crippen LogP contribution is 2.22. The first-order chi connectivity index (χ1) is 9.58. The van der Waals surface area contributed by atoms with Gasteiger partial charge in [-0.15, -0.1) is 0 Å². The molecule has 1 fully saturated rings. The van der Waals surface area contributed by atoms with Crippen LogP contribution in [-0.2, 0) is 0 Å². The zero-order chi connectivity index (χ0) is 14.5. The molecule has 0 amide bonds. The van der Waals surface area contributed by atoms with Crippen molar-refractivity contribution in [2.45, 2.75) is 33.1 Å². The van der Waals surface area contributed by atoms with E-state index < -0.39 is 0 Å². The zero-order valence-electron chi connectivity index (χ0n) is 12.3. The highest BCUT2D eigenvalue weighted by Gasteiger charge is 2.14. The van der Waals surface area contributed by atoms with Gasteiger partial charge in [-0.05, 0) is 39.8 Å². The Morgan fingerprint density at radius 3 is 2.70 bits per heavy atom. The molecule has 1 aromatic heterocycles. The number of nitrogens with two attached hydrogens (primary N) is 1. The number of nitrogens with zero attached hydrogens (tertiary/aromatic N) is 2. The van der Waals surface area contributed by atoms with Crippen LogP contribution in [0.1, 0.15) is 36.2 Å². The van der Waals surface area contributed by atoms with E-state index in [1.54, 1.807) is 0 Å². The average Bonchev–Trinajstić information content (AvgIpc) is 2.38. The van der Waals surface area contributed by atoms with Crippen LogP contribution in [0.4, 0.5) is 0 Å². The largest absolute Gasteiger partial charge is 0.491 e. The summed E-state index contributed by atoms with van der Waals surface area (Å²) >= 11 is 5.10. The van der Waals surface area contributed by atoms with Crippen molar-refractivity contribution in [3.63, 3.8) is 0 Å². The summed E-state index contributed by atoms with van der Waals surface area (Å²) in [6, 6.07) is 1.91. The number of likely N-dealkylation sites (tertiary alicyclic amines) is 1. The molecular weight excluding hydrogens is 270 g/mol. The molecule has 4 nitrogen and oxygen atoms in total. The topological polar surface area (TPSA) is 51.4 Å². The lowest BCUT2D eigenvalue weighted by Crippen LogP contribution is -2.33. The lowest BCUT2D eigenvalue weighted by molar-refractivity contribution is 0.183. The molecule has 2 N–H and O–H groups in total. The van der Waals surface area contributed by atoms with Gasteiger partial charge in [0, 0.05) is 18.3 Å². The van der Waals surface area contributed by atoms with Crippen molar-refractivity contribution >= 4 is 17.2 Å². The van der Waals surface area contributed by atoms with Crippen molar-refractivity contribution in [2.24, 2.45) is 5.73 Å². The van der Waals surface area contributed by atoms with Crippen molar-refractivity contribution in [2.75, 3.05) is 26.2 Å². The van der Waals surface area contributed by atoms with Gasteiger partial charge in [-0.25, -0.2) is 0 Å². The summed E-state index contributed by atoms with van der Waals surface area (Å²) in [5, 5.41) is 0. The minimum Gasteiger partial charge on any atom is -0.491 e. The first-order valence-electron chi connectivity index (χ1n) is 7.21. The number of ether oxygens (including phenoxy) is 1. The summed E-state index contributed by atoms with van der Waals surface area (Å²) in [4.78, 5) is 7.19. The second-order valence-electron chi connectivity index (χ2n) is 5.34. The summed E-state index contributed by atoms with van der Waals surface area (Å²) in [7, 11) is 0. The number of rotatable bonds is 5. The Hall–Kier alpha value is -1.20. The molecule has 110 valence electrons. The third-order valence-corrected chi connectivity index (χ3v) is 3.86. The standard InChI is InChI=1S/C15H23N3OS/c1-11-10-13(14(15(16)20)12(2)17-11)19-9-8-18-6-4-3-5-7-18/h10H,3-9H2,1-2H3,(H2,16,20). The monoisotopic (exact) mass is 293 g/mol. The lowest BCUT2D eigenvalue weighted by Gasteiger charge is -2.26. The first-order valence-corrected chi connectivity index (χ1v) is 7.62. The van der Waals surface area contributed by atoms with E-state index in [0.717, 1.165) is 29.2 Å². The van der Waals surface area contributed by atoms with Crippen LogP contribution in [0.3, 0.4) is 0 Å². The molecule has 1 aromatic rings. The molecule has 0 unspecified atom stereocenters. The molecule has 1 saturated heterocycles. The van der Waals surface area contributed by atoms with E-state index in [1.807, 2.05) is 19.9 Å². The summed E-state index contributed by atoms with van der Waals surface area (Å²) in [5.41, 5.74) is 8.31. The number of hydrogen-bond acceptors (Lipinski definition) is 4. The molecule has 0 spiro atoms. The van der Waals surface area contributed by atoms with E-state index in [9.17, 15) is 0 Å². The molecule has 20 heavy (non-hydrogen) atoms. The van der Waals surface area contributed by atoms with E-state index in [-0.39, 0.29) is 0 Å². The maximum absolute atomic E-state index is 5.91. The number of aromatic nitrogens is 1.